The first-order valence-corrected chi connectivity index (χ1v) is 9.25. The van der Waals surface area contributed by atoms with Gasteiger partial charge in [0.15, 0.2) is 0 Å². The van der Waals surface area contributed by atoms with Gasteiger partial charge in [0, 0.05) is 13.1 Å². The second-order valence-corrected chi connectivity index (χ2v) is 7.71. The van der Waals surface area contributed by atoms with Crippen LogP contribution in [0.2, 0.25) is 0 Å². The van der Waals surface area contributed by atoms with Crippen molar-refractivity contribution in [3.63, 3.8) is 0 Å². The first-order chi connectivity index (χ1) is 10.1. The van der Waals surface area contributed by atoms with Crippen molar-refractivity contribution in [2.45, 2.75) is 37.5 Å². The first-order valence-electron chi connectivity index (χ1n) is 7.81. The van der Waals surface area contributed by atoms with Crippen LogP contribution in [0.25, 0.3) is 0 Å². The van der Waals surface area contributed by atoms with Crippen LogP contribution < -0.4 is 5.32 Å². The zero-order chi connectivity index (χ0) is 15.3. The average Bonchev–Trinajstić information content (AvgIpc) is 2.53. The summed E-state index contributed by atoms with van der Waals surface area (Å²) in [5, 5.41) is 3.10. The second kappa shape index (κ2) is 7.38. The minimum absolute atomic E-state index is 0.424. The molecule has 1 atom stereocenters. The normalized spacial score (nSPS) is 20.6. The molecule has 21 heavy (non-hydrogen) atoms. The third-order valence-corrected chi connectivity index (χ3v) is 6.16. The molecule has 1 fully saturated rings. The summed E-state index contributed by atoms with van der Waals surface area (Å²) in [6.45, 7) is 4.36. The highest BCUT2D eigenvalue weighted by Crippen LogP contribution is 2.25. The zero-order valence-corrected chi connectivity index (χ0v) is 13.8. The number of rotatable bonds is 6. The lowest BCUT2D eigenvalue weighted by molar-refractivity contribution is 0.261. The minimum Gasteiger partial charge on any atom is -0.319 e. The molecule has 0 bridgehead atoms. The second-order valence-electron chi connectivity index (χ2n) is 5.78. The highest BCUT2D eigenvalue weighted by molar-refractivity contribution is 7.89. The number of hydrogen-bond donors (Lipinski definition) is 1. The fraction of sp³-hybridized carbons (Fsp3) is 0.625. The van der Waals surface area contributed by atoms with Crippen LogP contribution in [-0.4, -0.2) is 39.4 Å². The third-order valence-electron chi connectivity index (χ3n) is 4.28. The maximum atomic E-state index is 12.7. The van der Waals surface area contributed by atoms with Crippen molar-refractivity contribution in [2.75, 3.05) is 26.7 Å². The van der Waals surface area contributed by atoms with E-state index in [0.29, 0.717) is 23.9 Å². The Hall–Kier alpha value is -0.910. The van der Waals surface area contributed by atoms with Crippen molar-refractivity contribution >= 4 is 10.0 Å². The number of hydrogen-bond acceptors (Lipinski definition) is 3. The SMILES string of the molecule is CCC1CCCN(S(=O)(=O)c2ccc(CCNC)cc2)C1. The van der Waals surface area contributed by atoms with Gasteiger partial charge < -0.3 is 5.32 Å². The number of benzene rings is 1. The Balaban J connectivity index is 2.11. The Morgan fingerprint density at radius 1 is 1.29 bits per heavy atom. The van der Waals surface area contributed by atoms with Crippen LogP contribution >= 0.6 is 0 Å². The smallest absolute Gasteiger partial charge is 0.243 e. The van der Waals surface area contributed by atoms with E-state index < -0.39 is 10.0 Å². The molecule has 0 radical (unpaired) electrons. The number of piperidine rings is 1. The van der Waals surface area contributed by atoms with E-state index >= 15 is 0 Å². The molecule has 5 heteroatoms. The Labute approximate surface area is 128 Å². The van der Waals surface area contributed by atoms with E-state index in [-0.39, 0.29) is 0 Å². The molecule has 4 nitrogen and oxygen atoms in total. The van der Waals surface area contributed by atoms with E-state index in [1.165, 1.54) is 0 Å². The van der Waals surface area contributed by atoms with Crippen molar-refractivity contribution in [2.24, 2.45) is 5.92 Å². The molecular weight excluding hydrogens is 284 g/mol. The number of nitrogens with zero attached hydrogens (tertiary/aromatic N) is 1. The number of sulfonamides is 1. The van der Waals surface area contributed by atoms with E-state index in [0.717, 1.165) is 37.8 Å². The summed E-state index contributed by atoms with van der Waals surface area (Å²) in [5.41, 5.74) is 1.16. The van der Waals surface area contributed by atoms with Crippen molar-refractivity contribution < 1.29 is 8.42 Å². The van der Waals surface area contributed by atoms with Crippen LogP contribution in [0.3, 0.4) is 0 Å². The van der Waals surface area contributed by atoms with E-state index in [2.05, 4.69) is 12.2 Å². The van der Waals surface area contributed by atoms with Gasteiger partial charge in [0.1, 0.15) is 0 Å². The molecule has 0 spiro atoms. The Morgan fingerprint density at radius 3 is 2.62 bits per heavy atom. The van der Waals surface area contributed by atoms with Crippen LogP contribution in [-0.2, 0) is 16.4 Å². The van der Waals surface area contributed by atoms with E-state index in [1.54, 1.807) is 16.4 Å². The van der Waals surface area contributed by atoms with Gasteiger partial charge in [-0.15, -0.1) is 0 Å². The van der Waals surface area contributed by atoms with E-state index in [1.807, 2.05) is 19.2 Å². The minimum atomic E-state index is -3.32. The summed E-state index contributed by atoms with van der Waals surface area (Å²) in [5.74, 6) is 0.503. The van der Waals surface area contributed by atoms with Crippen molar-refractivity contribution in [3.8, 4) is 0 Å². The van der Waals surface area contributed by atoms with Gasteiger partial charge in [0.05, 0.1) is 4.90 Å². The fourth-order valence-corrected chi connectivity index (χ4v) is 4.38. The van der Waals surface area contributed by atoms with Crippen molar-refractivity contribution in [1.29, 1.82) is 0 Å². The topological polar surface area (TPSA) is 49.4 Å². The molecule has 1 aliphatic heterocycles. The van der Waals surface area contributed by atoms with Crippen LogP contribution in [0.5, 0.6) is 0 Å². The molecule has 118 valence electrons. The van der Waals surface area contributed by atoms with E-state index in [4.69, 9.17) is 0 Å². The summed E-state index contributed by atoms with van der Waals surface area (Å²) in [6.07, 6.45) is 4.08. The Bertz CT molecular complexity index is 540. The first kappa shape index (κ1) is 16.5. The van der Waals surface area contributed by atoms with Gasteiger partial charge >= 0.3 is 0 Å². The molecule has 1 aromatic carbocycles. The lowest BCUT2D eigenvalue weighted by atomic mass is 9.97. The molecule has 1 aromatic rings. The largest absolute Gasteiger partial charge is 0.319 e. The van der Waals surface area contributed by atoms with Gasteiger partial charge in [-0.25, -0.2) is 8.42 Å². The van der Waals surface area contributed by atoms with Gasteiger partial charge in [-0.05, 0) is 56.5 Å². The monoisotopic (exact) mass is 310 g/mol. The van der Waals surface area contributed by atoms with Gasteiger partial charge in [-0.1, -0.05) is 25.5 Å². The third kappa shape index (κ3) is 4.05. The zero-order valence-electron chi connectivity index (χ0n) is 13.0. The molecule has 1 aliphatic rings. The lowest BCUT2D eigenvalue weighted by Gasteiger charge is -2.31. The maximum Gasteiger partial charge on any atom is 0.243 e. The fourth-order valence-electron chi connectivity index (χ4n) is 2.82. The molecule has 0 amide bonds. The summed E-state index contributed by atoms with van der Waals surface area (Å²) < 4.78 is 27.0. The van der Waals surface area contributed by atoms with Crippen molar-refractivity contribution in [3.05, 3.63) is 29.8 Å². The summed E-state index contributed by atoms with van der Waals surface area (Å²) in [6, 6.07) is 7.34. The predicted octanol–water partition coefficient (Wildman–Crippen LogP) is 2.26. The van der Waals surface area contributed by atoms with Crippen LogP contribution in [0.4, 0.5) is 0 Å². The van der Waals surface area contributed by atoms with Gasteiger partial charge in [-0.2, -0.15) is 4.31 Å². The molecule has 1 unspecified atom stereocenters. The van der Waals surface area contributed by atoms with Crippen LogP contribution in [0.15, 0.2) is 29.2 Å². The predicted molar refractivity (Wildman–Crippen MR) is 85.8 cm³/mol. The van der Waals surface area contributed by atoms with Crippen molar-refractivity contribution in [1.82, 2.24) is 9.62 Å². The Kier molecular flexibility index (Phi) is 5.79. The standard InChI is InChI=1S/C16H26N2O2S/c1-3-14-5-4-12-18(13-14)21(19,20)16-8-6-15(7-9-16)10-11-17-2/h6-9,14,17H,3-5,10-13H2,1-2H3. The highest BCUT2D eigenvalue weighted by Gasteiger charge is 2.29. The molecule has 1 saturated heterocycles. The summed E-state index contributed by atoms with van der Waals surface area (Å²) in [7, 11) is -1.41. The number of likely N-dealkylation sites (N-methyl/N-ethyl adjacent to an activating group) is 1. The van der Waals surface area contributed by atoms with Gasteiger partial charge in [0.25, 0.3) is 0 Å². The molecule has 0 aliphatic carbocycles. The van der Waals surface area contributed by atoms with Gasteiger partial charge in [-0.3, -0.25) is 0 Å². The maximum absolute atomic E-state index is 12.7. The average molecular weight is 310 g/mol. The van der Waals surface area contributed by atoms with Crippen LogP contribution in [0.1, 0.15) is 31.7 Å². The van der Waals surface area contributed by atoms with Crippen LogP contribution in [0, 0.1) is 5.92 Å². The molecule has 0 saturated carbocycles. The number of nitrogens with one attached hydrogen (secondary N) is 1. The summed E-state index contributed by atoms with van der Waals surface area (Å²) >= 11 is 0. The van der Waals surface area contributed by atoms with Gasteiger partial charge in [0.2, 0.25) is 10.0 Å². The molecule has 1 N–H and O–H groups in total. The molecule has 0 aromatic heterocycles. The van der Waals surface area contributed by atoms with E-state index in [9.17, 15) is 8.42 Å². The molecular formula is C16H26N2O2S. The highest BCUT2D eigenvalue weighted by atomic mass is 32.2. The lowest BCUT2D eigenvalue weighted by Crippen LogP contribution is -2.39. The molecule has 2 rings (SSSR count). The Morgan fingerprint density at radius 2 is 2.00 bits per heavy atom. The molecule has 1 heterocycles. The summed E-state index contributed by atoms with van der Waals surface area (Å²) in [4.78, 5) is 0.424. The quantitative estimate of drug-likeness (QED) is 0.877.